The van der Waals surface area contributed by atoms with Crippen molar-refractivity contribution in [3.8, 4) is 0 Å². The molecule has 3 nitrogen and oxygen atoms in total. The molecule has 0 fully saturated rings. The molecule has 0 spiro atoms. The van der Waals surface area contributed by atoms with Gasteiger partial charge in [0.1, 0.15) is 5.82 Å². The third-order valence-electron chi connectivity index (χ3n) is 2.43. The topological polar surface area (TPSA) is 41.1 Å². The van der Waals surface area contributed by atoms with Crippen LogP contribution in [0.1, 0.15) is 12.5 Å². The van der Waals surface area contributed by atoms with Crippen LogP contribution in [0.15, 0.2) is 22.7 Å². The molecule has 1 atom stereocenters. The highest BCUT2D eigenvalue weighted by molar-refractivity contribution is 9.10. The molecule has 102 valence electrons. The molecular formula is C12H17BrClFN2O. The second kappa shape index (κ2) is 8.45. The Kier molecular flexibility index (Phi) is 8.15. The van der Waals surface area contributed by atoms with Crippen molar-refractivity contribution >= 4 is 34.2 Å². The van der Waals surface area contributed by atoms with Crippen LogP contribution in [-0.2, 0) is 11.3 Å². The van der Waals surface area contributed by atoms with E-state index >= 15 is 0 Å². The highest BCUT2D eigenvalue weighted by Crippen LogP contribution is 2.17. The van der Waals surface area contributed by atoms with Crippen molar-refractivity contribution in [1.82, 2.24) is 10.6 Å². The van der Waals surface area contributed by atoms with Gasteiger partial charge in [0.2, 0.25) is 5.91 Å². The molecular weight excluding hydrogens is 322 g/mol. The van der Waals surface area contributed by atoms with E-state index in [0.717, 1.165) is 5.56 Å². The first kappa shape index (κ1) is 17.4. The van der Waals surface area contributed by atoms with Crippen LogP contribution in [-0.4, -0.2) is 19.5 Å². The number of nitrogens with one attached hydrogen (secondary N) is 2. The molecule has 0 heterocycles. The number of hydrogen-bond acceptors (Lipinski definition) is 2. The molecule has 0 aliphatic heterocycles. The molecule has 1 unspecified atom stereocenters. The lowest BCUT2D eigenvalue weighted by Crippen LogP contribution is -2.33. The number of carbonyl (C=O) groups is 1. The van der Waals surface area contributed by atoms with Crippen molar-refractivity contribution in [3.05, 3.63) is 34.1 Å². The van der Waals surface area contributed by atoms with Crippen LogP contribution < -0.4 is 10.6 Å². The summed E-state index contributed by atoms with van der Waals surface area (Å²) in [7, 11) is 1.81. The maximum absolute atomic E-state index is 12.8. The van der Waals surface area contributed by atoms with Gasteiger partial charge < -0.3 is 10.6 Å². The van der Waals surface area contributed by atoms with Crippen molar-refractivity contribution in [3.63, 3.8) is 0 Å². The van der Waals surface area contributed by atoms with Crippen LogP contribution in [0, 0.1) is 11.7 Å². The zero-order valence-electron chi connectivity index (χ0n) is 10.3. The van der Waals surface area contributed by atoms with Crippen LogP contribution in [0.3, 0.4) is 0 Å². The summed E-state index contributed by atoms with van der Waals surface area (Å²) in [5.74, 6) is -0.398. The van der Waals surface area contributed by atoms with E-state index in [0.29, 0.717) is 17.6 Å². The van der Waals surface area contributed by atoms with E-state index in [4.69, 9.17) is 0 Å². The van der Waals surface area contributed by atoms with Crippen LogP contribution >= 0.6 is 28.3 Å². The number of hydrogen-bond donors (Lipinski definition) is 2. The molecule has 18 heavy (non-hydrogen) atoms. The van der Waals surface area contributed by atoms with Crippen LogP contribution in [0.2, 0.25) is 0 Å². The third-order valence-corrected chi connectivity index (χ3v) is 3.16. The molecule has 0 saturated carbocycles. The van der Waals surface area contributed by atoms with Crippen molar-refractivity contribution in [2.45, 2.75) is 13.5 Å². The highest BCUT2D eigenvalue weighted by atomic mass is 79.9. The SMILES string of the molecule is CNCC(C)C(=O)NCc1ccc(F)cc1Br.Cl. The zero-order valence-corrected chi connectivity index (χ0v) is 12.7. The smallest absolute Gasteiger partial charge is 0.224 e. The molecule has 0 saturated heterocycles. The quantitative estimate of drug-likeness (QED) is 0.865. The molecule has 0 radical (unpaired) electrons. The van der Waals surface area contributed by atoms with Crippen molar-refractivity contribution < 1.29 is 9.18 Å². The van der Waals surface area contributed by atoms with Gasteiger partial charge in [-0.15, -0.1) is 12.4 Å². The number of carbonyl (C=O) groups excluding carboxylic acids is 1. The molecule has 1 amide bonds. The Labute approximate surface area is 121 Å². The minimum absolute atomic E-state index is 0. The Hall–Kier alpha value is -0.650. The summed E-state index contributed by atoms with van der Waals surface area (Å²) in [6.45, 7) is 2.88. The Morgan fingerprint density at radius 1 is 1.50 bits per heavy atom. The Balaban J connectivity index is 0.00000289. The van der Waals surface area contributed by atoms with Gasteiger partial charge in [-0.05, 0) is 24.7 Å². The van der Waals surface area contributed by atoms with Gasteiger partial charge in [-0.3, -0.25) is 4.79 Å². The fourth-order valence-electron chi connectivity index (χ4n) is 1.42. The second-order valence-electron chi connectivity index (χ2n) is 3.91. The minimum Gasteiger partial charge on any atom is -0.352 e. The van der Waals surface area contributed by atoms with Gasteiger partial charge in [-0.25, -0.2) is 4.39 Å². The first-order chi connectivity index (χ1) is 8.04. The van der Waals surface area contributed by atoms with Crippen LogP contribution in [0.25, 0.3) is 0 Å². The number of benzene rings is 1. The van der Waals surface area contributed by atoms with E-state index in [9.17, 15) is 9.18 Å². The lowest BCUT2D eigenvalue weighted by atomic mass is 10.1. The van der Waals surface area contributed by atoms with E-state index in [2.05, 4.69) is 26.6 Å². The lowest BCUT2D eigenvalue weighted by molar-refractivity contribution is -0.124. The summed E-state index contributed by atoms with van der Waals surface area (Å²) in [6.07, 6.45) is 0. The van der Waals surface area contributed by atoms with E-state index in [-0.39, 0.29) is 30.0 Å². The molecule has 1 rings (SSSR count). The van der Waals surface area contributed by atoms with Crippen molar-refractivity contribution in [1.29, 1.82) is 0 Å². The highest BCUT2D eigenvalue weighted by Gasteiger charge is 2.11. The summed E-state index contributed by atoms with van der Waals surface area (Å²) >= 11 is 3.26. The Bertz CT molecular complexity index is 404. The fraction of sp³-hybridized carbons (Fsp3) is 0.417. The van der Waals surface area contributed by atoms with E-state index < -0.39 is 0 Å². The molecule has 0 bridgehead atoms. The van der Waals surface area contributed by atoms with Gasteiger partial charge in [0.15, 0.2) is 0 Å². The van der Waals surface area contributed by atoms with Crippen LogP contribution in [0.5, 0.6) is 0 Å². The van der Waals surface area contributed by atoms with E-state index in [1.807, 2.05) is 6.92 Å². The molecule has 0 aliphatic carbocycles. The van der Waals surface area contributed by atoms with Crippen molar-refractivity contribution in [2.24, 2.45) is 5.92 Å². The third kappa shape index (κ3) is 5.33. The second-order valence-corrected chi connectivity index (χ2v) is 4.77. The lowest BCUT2D eigenvalue weighted by Gasteiger charge is -2.12. The molecule has 1 aromatic carbocycles. The summed E-state index contributed by atoms with van der Waals surface area (Å²) < 4.78 is 13.5. The molecule has 0 aliphatic rings. The fourth-order valence-corrected chi connectivity index (χ4v) is 1.91. The summed E-state index contributed by atoms with van der Waals surface area (Å²) in [6, 6.07) is 4.42. The maximum Gasteiger partial charge on any atom is 0.224 e. The Morgan fingerprint density at radius 2 is 2.17 bits per heavy atom. The number of rotatable bonds is 5. The van der Waals surface area contributed by atoms with E-state index in [1.54, 1.807) is 13.1 Å². The van der Waals surface area contributed by atoms with E-state index in [1.165, 1.54) is 12.1 Å². The average molecular weight is 340 g/mol. The summed E-state index contributed by atoms with van der Waals surface area (Å²) in [4.78, 5) is 11.6. The maximum atomic E-state index is 12.8. The first-order valence-corrected chi connectivity index (χ1v) is 6.20. The summed E-state index contributed by atoms with van der Waals surface area (Å²) in [5, 5.41) is 5.76. The van der Waals surface area contributed by atoms with Gasteiger partial charge in [-0.1, -0.05) is 28.9 Å². The standard InChI is InChI=1S/C12H16BrFN2O.ClH/c1-8(6-15-2)12(17)16-7-9-3-4-10(14)5-11(9)13;/h3-5,8,15H,6-7H2,1-2H3,(H,16,17);1H. The predicted molar refractivity (Wildman–Crippen MR) is 76.3 cm³/mol. The molecule has 2 N–H and O–H groups in total. The Morgan fingerprint density at radius 3 is 2.72 bits per heavy atom. The summed E-state index contributed by atoms with van der Waals surface area (Å²) in [5.41, 5.74) is 0.858. The van der Waals surface area contributed by atoms with Gasteiger partial charge in [-0.2, -0.15) is 0 Å². The zero-order chi connectivity index (χ0) is 12.8. The molecule has 0 aromatic heterocycles. The number of amides is 1. The first-order valence-electron chi connectivity index (χ1n) is 5.41. The normalized spacial score (nSPS) is 11.6. The van der Waals surface area contributed by atoms with Crippen LogP contribution in [0.4, 0.5) is 4.39 Å². The monoisotopic (exact) mass is 338 g/mol. The van der Waals surface area contributed by atoms with Gasteiger partial charge in [0.25, 0.3) is 0 Å². The molecule has 6 heteroatoms. The largest absolute Gasteiger partial charge is 0.352 e. The molecule has 1 aromatic rings. The van der Waals surface area contributed by atoms with Gasteiger partial charge >= 0.3 is 0 Å². The number of halogens is 3. The average Bonchev–Trinajstić information content (AvgIpc) is 2.27. The minimum atomic E-state index is -0.296. The predicted octanol–water partition coefficient (Wildman–Crippen LogP) is 2.48. The van der Waals surface area contributed by atoms with Gasteiger partial charge in [0.05, 0.1) is 0 Å². The van der Waals surface area contributed by atoms with Crippen molar-refractivity contribution in [2.75, 3.05) is 13.6 Å². The van der Waals surface area contributed by atoms with Gasteiger partial charge in [0, 0.05) is 23.5 Å².